The van der Waals surface area contributed by atoms with Crippen molar-refractivity contribution in [3.8, 4) is 11.5 Å². The number of amides is 1. The molecule has 0 aromatic heterocycles. The Kier molecular flexibility index (Phi) is 7.98. The van der Waals surface area contributed by atoms with E-state index in [1.54, 1.807) is 25.3 Å². The number of carbonyl (C=O) groups excluding carboxylic acids is 1. The molecule has 6 heteroatoms. The van der Waals surface area contributed by atoms with Gasteiger partial charge in [-0.3, -0.25) is 4.79 Å². The van der Waals surface area contributed by atoms with Gasteiger partial charge in [0.25, 0.3) is 0 Å². The van der Waals surface area contributed by atoms with E-state index >= 15 is 0 Å². The first kappa shape index (κ1) is 21.5. The fourth-order valence-corrected chi connectivity index (χ4v) is 3.20. The SMILES string of the molecule is COc1ccc(NC(=O)CNc2cccc(OCCCc3ccccc3)c2)cc1Cl. The number of rotatable bonds is 10. The normalized spacial score (nSPS) is 10.3. The van der Waals surface area contributed by atoms with Gasteiger partial charge in [-0.15, -0.1) is 0 Å². The summed E-state index contributed by atoms with van der Waals surface area (Å²) in [5.41, 5.74) is 2.74. The van der Waals surface area contributed by atoms with E-state index < -0.39 is 0 Å². The monoisotopic (exact) mass is 424 g/mol. The summed E-state index contributed by atoms with van der Waals surface area (Å²) in [6.07, 6.45) is 1.92. The van der Waals surface area contributed by atoms with E-state index in [0.717, 1.165) is 24.3 Å². The zero-order valence-electron chi connectivity index (χ0n) is 16.9. The predicted molar refractivity (Wildman–Crippen MR) is 122 cm³/mol. The van der Waals surface area contributed by atoms with Crippen molar-refractivity contribution in [2.75, 3.05) is 30.9 Å². The lowest BCUT2D eigenvalue weighted by Crippen LogP contribution is -2.21. The lowest BCUT2D eigenvalue weighted by molar-refractivity contribution is -0.114. The second-order valence-corrected chi connectivity index (χ2v) is 7.12. The summed E-state index contributed by atoms with van der Waals surface area (Å²) in [4.78, 5) is 12.2. The van der Waals surface area contributed by atoms with Gasteiger partial charge in [0.1, 0.15) is 11.5 Å². The van der Waals surface area contributed by atoms with Crippen LogP contribution in [0.15, 0.2) is 72.8 Å². The van der Waals surface area contributed by atoms with E-state index in [9.17, 15) is 4.79 Å². The number of hydrogen-bond donors (Lipinski definition) is 2. The number of benzene rings is 3. The molecule has 0 radical (unpaired) electrons. The van der Waals surface area contributed by atoms with Crippen LogP contribution in [0.5, 0.6) is 11.5 Å². The molecule has 3 aromatic rings. The second-order valence-electron chi connectivity index (χ2n) is 6.72. The van der Waals surface area contributed by atoms with Crippen molar-refractivity contribution in [1.82, 2.24) is 0 Å². The molecule has 0 aliphatic heterocycles. The van der Waals surface area contributed by atoms with Gasteiger partial charge in [0.2, 0.25) is 5.91 Å². The van der Waals surface area contributed by atoms with Gasteiger partial charge in [-0.05, 0) is 48.7 Å². The third-order valence-electron chi connectivity index (χ3n) is 4.44. The van der Waals surface area contributed by atoms with Crippen LogP contribution in [-0.2, 0) is 11.2 Å². The van der Waals surface area contributed by atoms with Crippen molar-refractivity contribution < 1.29 is 14.3 Å². The largest absolute Gasteiger partial charge is 0.495 e. The van der Waals surface area contributed by atoms with Gasteiger partial charge >= 0.3 is 0 Å². The molecule has 0 aliphatic rings. The third kappa shape index (κ3) is 6.71. The van der Waals surface area contributed by atoms with Gasteiger partial charge in [-0.1, -0.05) is 48.0 Å². The molecule has 0 fully saturated rings. The molecule has 1 amide bonds. The van der Waals surface area contributed by atoms with Crippen LogP contribution in [0.25, 0.3) is 0 Å². The van der Waals surface area contributed by atoms with Crippen LogP contribution in [0.2, 0.25) is 5.02 Å². The molecule has 0 saturated heterocycles. The standard InChI is InChI=1S/C24H25ClN2O3/c1-29-23-13-12-20(16-22(23)25)27-24(28)17-26-19-10-5-11-21(15-19)30-14-6-9-18-7-3-2-4-8-18/h2-5,7-8,10-13,15-16,26H,6,9,14,17H2,1H3,(H,27,28). The van der Waals surface area contributed by atoms with Gasteiger partial charge < -0.3 is 20.1 Å². The number of nitrogens with one attached hydrogen (secondary N) is 2. The average Bonchev–Trinajstić information content (AvgIpc) is 2.76. The Morgan fingerprint density at radius 1 is 0.967 bits per heavy atom. The Hall–Kier alpha value is -3.18. The zero-order chi connectivity index (χ0) is 21.2. The zero-order valence-corrected chi connectivity index (χ0v) is 17.6. The summed E-state index contributed by atoms with van der Waals surface area (Å²) in [6, 6.07) is 23.1. The van der Waals surface area contributed by atoms with Crippen molar-refractivity contribution in [1.29, 1.82) is 0 Å². The van der Waals surface area contributed by atoms with Crippen LogP contribution in [0.3, 0.4) is 0 Å². The summed E-state index contributed by atoms with van der Waals surface area (Å²) in [6.45, 7) is 0.762. The van der Waals surface area contributed by atoms with E-state index in [1.807, 2.05) is 42.5 Å². The maximum absolute atomic E-state index is 12.2. The Bertz CT molecular complexity index is 964. The van der Waals surface area contributed by atoms with E-state index in [0.29, 0.717) is 23.1 Å². The highest BCUT2D eigenvalue weighted by atomic mass is 35.5. The van der Waals surface area contributed by atoms with Gasteiger partial charge in [0.15, 0.2) is 0 Å². The molecular weight excluding hydrogens is 400 g/mol. The quantitative estimate of drug-likeness (QED) is 0.427. The average molecular weight is 425 g/mol. The highest BCUT2D eigenvalue weighted by molar-refractivity contribution is 6.32. The van der Waals surface area contributed by atoms with E-state index in [2.05, 4.69) is 22.8 Å². The molecule has 3 aromatic carbocycles. The maximum atomic E-state index is 12.2. The summed E-state index contributed by atoms with van der Waals surface area (Å²) in [5, 5.41) is 6.36. The summed E-state index contributed by atoms with van der Waals surface area (Å²) in [5.74, 6) is 1.16. The Balaban J connectivity index is 1.43. The van der Waals surface area contributed by atoms with E-state index in [1.165, 1.54) is 5.56 Å². The van der Waals surface area contributed by atoms with E-state index in [4.69, 9.17) is 21.1 Å². The molecular formula is C24H25ClN2O3. The minimum Gasteiger partial charge on any atom is -0.495 e. The Labute approximate surface area is 182 Å². The molecule has 3 rings (SSSR count). The number of ether oxygens (including phenoxy) is 2. The molecule has 0 saturated carbocycles. The number of anilines is 2. The van der Waals surface area contributed by atoms with Crippen molar-refractivity contribution in [3.63, 3.8) is 0 Å². The van der Waals surface area contributed by atoms with Crippen molar-refractivity contribution in [3.05, 3.63) is 83.4 Å². The molecule has 0 unspecified atom stereocenters. The van der Waals surface area contributed by atoms with Crippen LogP contribution in [-0.4, -0.2) is 26.2 Å². The van der Waals surface area contributed by atoms with Gasteiger partial charge in [-0.25, -0.2) is 0 Å². The molecule has 0 atom stereocenters. The molecule has 0 heterocycles. The van der Waals surface area contributed by atoms with Gasteiger partial charge in [0, 0.05) is 17.4 Å². The van der Waals surface area contributed by atoms with E-state index in [-0.39, 0.29) is 12.5 Å². The van der Waals surface area contributed by atoms with Crippen molar-refractivity contribution >= 4 is 28.9 Å². The third-order valence-corrected chi connectivity index (χ3v) is 4.74. The molecule has 0 spiro atoms. The summed E-state index contributed by atoms with van der Waals surface area (Å²) in [7, 11) is 1.55. The maximum Gasteiger partial charge on any atom is 0.243 e. The van der Waals surface area contributed by atoms with Crippen LogP contribution in [0, 0.1) is 0 Å². The molecule has 2 N–H and O–H groups in total. The Morgan fingerprint density at radius 2 is 1.80 bits per heavy atom. The van der Waals surface area contributed by atoms with Crippen molar-refractivity contribution in [2.45, 2.75) is 12.8 Å². The molecule has 0 bridgehead atoms. The first-order chi connectivity index (χ1) is 14.6. The van der Waals surface area contributed by atoms with Crippen LogP contribution < -0.4 is 20.1 Å². The molecule has 30 heavy (non-hydrogen) atoms. The minimum absolute atomic E-state index is 0.126. The molecule has 5 nitrogen and oxygen atoms in total. The first-order valence-electron chi connectivity index (χ1n) is 9.78. The van der Waals surface area contributed by atoms with Crippen molar-refractivity contribution in [2.24, 2.45) is 0 Å². The summed E-state index contributed by atoms with van der Waals surface area (Å²) >= 11 is 6.08. The molecule has 156 valence electrons. The highest BCUT2D eigenvalue weighted by Crippen LogP contribution is 2.27. The minimum atomic E-state index is -0.176. The molecule has 0 aliphatic carbocycles. The lowest BCUT2D eigenvalue weighted by atomic mass is 10.1. The fraction of sp³-hybridized carbons (Fsp3) is 0.208. The van der Waals surface area contributed by atoms with Crippen LogP contribution in [0.1, 0.15) is 12.0 Å². The Morgan fingerprint density at radius 3 is 2.57 bits per heavy atom. The lowest BCUT2D eigenvalue weighted by Gasteiger charge is -2.11. The number of aryl methyl sites for hydroxylation is 1. The number of carbonyl (C=O) groups is 1. The highest BCUT2D eigenvalue weighted by Gasteiger charge is 2.06. The number of methoxy groups -OCH3 is 1. The topological polar surface area (TPSA) is 59.6 Å². The smallest absolute Gasteiger partial charge is 0.243 e. The first-order valence-corrected chi connectivity index (χ1v) is 10.2. The van der Waals surface area contributed by atoms with Crippen LogP contribution >= 0.6 is 11.6 Å². The van der Waals surface area contributed by atoms with Gasteiger partial charge in [-0.2, -0.15) is 0 Å². The number of hydrogen-bond acceptors (Lipinski definition) is 4. The fourth-order valence-electron chi connectivity index (χ4n) is 2.94. The van der Waals surface area contributed by atoms with Gasteiger partial charge in [0.05, 0.1) is 25.3 Å². The summed E-state index contributed by atoms with van der Waals surface area (Å²) < 4.78 is 10.9. The second kappa shape index (κ2) is 11.1. The van der Waals surface area contributed by atoms with Crippen LogP contribution in [0.4, 0.5) is 11.4 Å². The number of halogens is 1. The predicted octanol–water partition coefficient (Wildman–Crippen LogP) is 5.41.